The third kappa shape index (κ3) is 2.62. The number of aromatic nitrogens is 1. The standard InChI is InChI=1S/C12H20N2OS/c1-3-14-6-4-5-10(14)7-12-13-11(8-16-12)9(2)15/h8-10,15H,3-7H2,1-2H3. The van der Waals surface area contributed by atoms with E-state index in [0.717, 1.165) is 18.7 Å². The number of thiazole rings is 1. The molecule has 1 fully saturated rings. The third-order valence-electron chi connectivity index (χ3n) is 3.31. The maximum absolute atomic E-state index is 9.43. The van der Waals surface area contributed by atoms with Crippen LogP contribution in [0.2, 0.25) is 0 Å². The highest BCUT2D eigenvalue weighted by Gasteiger charge is 2.24. The number of aliphatic hydroxyl groups excluding tert-OH is 1. The maximum atomic E-state index is 9.43. The summed E-state index contributed by atoms with van der Waals surface area (Å²) in [7, 11) is 0. The minimum Gasteiger partial charge on any atom is -0.387 e. The van der Waals surface area contributed by atoms with Crippen LogP contribution in [0.3, 0.4) is 0 Å². The van der Waals surface area contributed by atoms with E-state index in [1.54, 1.807) is 18.3 Å². The Hall–Kier alpha value is -0.450. The average Bonchev–Trinajstić information content (AvgIpc) is 2.87. The van der Waals surface area contributed by atoms with Crippen molar-refractivity contribution >= 4 is 11.3 Å². The fourth-order valence-corrected chi connectivity index (χ4v) is 3.31. The Labute approximate surface area is 101 Å². The van der Waals surface area contributed by atoms with Crippen molar-refractivity contribution in [2.45, 2.75) is 45.3 Å². The van der Waals surface area contributed by atoms with E-state index in [0.29, 0.717) is 6.04 Å². The quantitative estimate of drug-likeness (QED) is 0.876. The van der Waals surface area contributed by atoms with E-state index >= 15 is 0 Å². The Morgan fingerprint density at radius 3 is 3.12 bits per heavy atom. The smallest absolute Gasteiger partial charge is 0.0945 e. The van der Waals surface area contributed by atoms with Gasteiger partial charge in [0.25, 0.3) is 0 Å². The zero-order valence-electron chi connectivity index (χ0n) is 10.0. The lowest BCUT2D eigenvalue weighted by molar-refractivity contribution is 0.194. The van der Waals surface area contributed by atoms with Gasteiger partial charge in [-0.3, -0.25) is 0 Å². The van der Waals surface area contributed by atoms with Crippen molar-refractivity contribution in [1.29, 1.82) is 0 Å². The molecular weight excluding hydrogens is 220 g/mol. The second-order valence-electron chi connectivity index (χ2n) is 4.47. The molecule has 1 aliphatic heterocycles. The lowest BCUT2D eigenvalue weighted by atomic mass is 10.1. The molecule has 1 N–H and O–H groups in total. The number of hydrogen-bond donors (Lipinski definition) is 1. The molecule has 1 aromatic heterocycles. The molecule has 0 aromatic carbocycles. The summed E-state index contributed by atoms with van der Waals surface area (Å²) in [6, 6.07) is 0.665. The van der Waals surface area contributed by atoms with Crippen LogP contribution < -0.4 is 0 Å². The molecule has 16 heavy (non-hydrogen) atoms. The highest BCUT2D eigenvalue weighted by atomic mass is 32.1. The van der Waals surface area contributed by atoms with E-state index in [1.807, 2.05) is 5.38 Å². The highest BCUT2D eigenvalue weighted by Crippen LogP contribution is 2.23. The molecule has 2 rings (SSSR count). The summed E-state index contributed by atoms with van der Waals surface area (Å²) in [6.45, 7) is 6.36. The van der Waals surface area contributed by atoms with Gasteiger partial charge in [-0.1, -0.05) is 6.92 Å². The summed E-state index contributed by atoms with van der Waals surface area (Å²) in [5, 5.41) is 12.6. The molecule has 0 spiro atoms. The normalized spacial score (nSPS) is 23.8. The minimum absolute atomic E-state index is 0.434. The zero-order chi connectivity index (χ0) is 11.5. The van der Waals surface area contributed by atoms with Crippen molar-refractivity contribution in [3.05, 3.63) is 16.1 Å². The molecule has 4 heteroatoms. The van der Waals surface area contributed by atoms with Crippen LogP contribution in [0.4, 0.5) is 0 Å². The van der Waals surface area contributed by atoms with Crippen molar-refractivity contribution in [3.8, 4) is 0 Å². The van der Waals surface area contributed by atoms with E-state index in [9.17, 15) is 5.11 Å². The van der Waals surface area contributed by atoms with Crippen LogP contribution in [0, 0.1) is 0 Å². The molecule has 1 aromatic rings. The van der Waals surface area contributed by atoms with Crippen molar-refractivity contribution in [1.82, 2.24) is 9.88 Å². The fraction of sp³-hybridized carbons (Fsp3) is 0.750. The van der Waals surface area contributed by atoms with Gasteiger partial charge in [0.15, 0.2) is 0 Å². The average molecular weight is 240 g/mol. The van der Waals surface area contributed by atoms with Crippen LogP contribution in [0.25, 0.3) is 0 Å². The number of likely N-dealkylation sites (N-methyl/N-ethyl adjacent to an activating group) is 1. The second kappa shape index (κ2) is 5.25. The van der Waals surface area contributed by atoms with Gasteiger partial charge in [0.1, 0.15) is 0 Å². The molecule has 0 aliphatic carbocycles. The molecule has 2 atom stereocenters. The number of rotatable bonds is 4. The van der Waals surface area contributed by atoms with Gasteiger partial charge in [-0.05, 0) is 32.9 Å². The van der Waals surface area contributed by atoms with Gasteiger partial charge < -0.3 is 10.0 Å². The van der Waals surface area contributed by atoms with Gasteiger partial charge in [0.05, 0.1) is 16.8 Å². The summed E-state index contributed by atoms with van der Waals surface area (Å²) in [6.07, 6.45) is 3.21. The van der Waals surface area contributed by atoms with Crippen molar-refractivity contribution in [2.75, 3.05) is 13.1 Å². The predicted octanol–water partition coefficient (Wildman–Crippen LogP) is 2.22. The summed E-state index contributed by atoms with van der Waals surface area (Å²) in [4.78, 5) is 7.02. The molecule has 0 saturated carbocycles. The summed E-state index contributed by atoms with van der Waals surface area (Å²) in [5.41, 5.74) is 0.820. The van der Waals surface area contributed by atoms with Gasteiger partial charge in [-0.2, -0.15) is 0 Å². The Morgan fingerprint density at radius 2 is 2.50 bits per heavy atom. The van der Waals surface area contributed by atoms with E-state index in [2.05, 4.69) is 16.8 Å². The molecule has 2 heterocycles. The number of aliphatic hydroxyl groups is 1. The molecule has 2 unspecified atom stereocenters. The topological polar surface area (TPSA) is 36.4 Å². The highest BCUT2D eigenvalue weighted by molar-refractivity contribution is 7.09. The number of nitrogens with zero attached hydrogens (tertiary/aromatic N) is 2. The monoisotopic (exact) mass is 240 g/mol. The molecular formula is C12H20N2OS. The van der Waals surface area contributed by atoms with Crippen LogP contribution in [-0.2, 0) is 6.42 Å². The maximum Gasteiger partial charge on any atom is 0.0945 e. The van der Waals surface area contributed by atoms with Gasteiger partial charge >= 0.3 is 0 Å². The van der Waals surface area contributed by atoms with Gasteiger partial charge in [0.2, 0.25) is 0 Å². The first-order valence-electron chi connectivity index (χ1n) is 6.07. The van der Waals surface area contributed by atoms with Crippen molar-refractivity contribution < 1.29 is 5.11 Å². The molecule has 0 radical (unpaired) electrons. The minimum atomic E-state index is -0.434. The summed E-state index contributed by atoms with van der Waals surface area (Å²) in [5.74, 6) is 0. The Morgan fingerprint density at radius 1 is 1.69 bits per heavy atom. The van der Waals surface area contributed by atoms with E-state index in [4.69, 9.17) is 0 Å². The third-order valence-corrected chi connectivity index (χ3v) is 4.20. The first-order chi connectivity index (χ1) is 7.70. The first kappa shape index (κ1) is 12.0. The molecule has 1 saturated heterocycles. The largest absolute Gasteiger partial charge is 0.387 e. The van der Waals surface area contributed by atoms with Crippen LogP contribution in [0.5, 0.6) is 0 Å². The Kier molecular flexibility index (Phi) is 3.95. The lowest BCUT2D eigenvalue weighted by Crippen LogP contribution is -2.30. The van der Waals surface area contributed by atoms with Crippen LogP contribution in [-0.4, -0.2) is 34.1 Å². The van der Waals surface area contributed by atoms with Crippen molar-refractivity contribution in [2.24, 2.45) is 0 Å². The zero-order valence-corrected chi connectivity index (χ0v) is 10.8. The molecule has 3 nitrogen and oxygen atoms in total. The van der Waals surface area contributed by atoms with Gasteiger partial charge in [-0.15, -0.1) is 11.3 Å². The number of hydrogen-bond acceptors (Lipinski definition) is 4. The molecule has 90 valence electrons. The predicted molar refractivity (Wildman–Crippen MR) is 66.7 cm³/mol. The van der Waals surface area contributed by atoms with Crippen LogP contribution in [0.15, 0.2) is 5.38 Å². The van der Waals surface area contributed by atoms with Crippen molar-refractivity contribution in [3.63, 3.8) is 0 Å². The van der Waals surface area contributed by atoms with E-state index in [1.165, 1.54) is 24.4 Å². The Balaban J connectivity index is 1.97. The fourth-order valence-electron chi connectivity index (χ4n) is 2.35. The molecule has 0 bridgehead atoms. The summed E-state index contributed by atoms with van der Waals surface area (Å²) >= 11 is 1.68. The molecule has 0 amide bonds. The SMILES string of the molecule is CCN1CCCC1Cc1nc(C(C)O)cs1. The second-order valence-corrected chi connectivity index (χ2v) is 5.41. The van der Waals surface area contributed by atoms with Crippen LogP contribution >= 0.6 is 11.3 Å². The first-order valence-corrected chi connectivity index (χ1v) is 6.95. The Bertz CT molecular complexity index is 338. The van der Waals surface area contributed by atoms with Gasteiger partial charge in [0, 0.05) is 17.8 Å². The van der Waals surface area contributed by atoms with Gasteiger partial charge in [-0.25, -0.2) is 4.98 Å². The van der Waals surface area contributed by atoms with E-state index < -0.39 is 6.10 Å². The molecule has 1 aliphatic rings. The van der Waals surface area contributed by atoms with E-state index in [-0.39, 0.29) is 0 Å². The summed E-state index contributed by atoms with van der Waals surface area (Å²) < 4.78 is 0. The lowest BCUT2D eigenvalue weighted by Gasteiger charge is -2.21. The van der Waals surface area contributed by atoms with Crippen LogP contribution in [0.1, 0.15) is 43.5 Å². The number of likely N-dealkylation sites (tertiary alicyclic amines) is 1.